The van der Waals surface area contributed by atoms with E-state index < -0.39 is 0 Å². The summed E-state index contributed by atoms with van der Waals surface area (Å²) in [6.45, 7) is 8.49. The zero-order valence-electron chi connectivity index (χ0n) is 13.8. The van der Waals surface area contributed by atoms with Gasteiger partial charge in [0.15, 0.2) is 0 Å². The van der Waals surface area contributed by atoms with Crippen LogP contribution in [0.25, 0.3) is 4.83 Å². The Balaban J connectivity index is 1.58. The summed E-state index contributed by atoms with van der Waals surface area (Å²) < 4.78 is 2.32. The molecule has 4 heterocycles. The number of hydrogen-bond acceptors (Lipinski definition) is 5. The number of aryl methyl sites for hydroxylation is 3. The van der Waals surface area contributed by atoms with E-state index in [1.54, 1.807) is 0 Å². The normalized spacial score (nSPS) is 16.4. The van der Waals surface area contributed by atoms with Gasteiger partial charge in [0.2, 0.25) is 5.95 Å². The lowest BCUT2D eigenvalue weighted by Gasteiger charge is -2.31. The van der Waals surface area contributed by atoms with Crippen molar-refractivity contribution in [3.63, 3.8) is 0 Å². The molecular weight excluding hydrogens is 306 g/mol. The largest absolute Gasteiger partial charge is 0.341 e. The Kier molecular flexibility index (Phi) is 3.56. The standard InChI is InChI=1S/C17H21N5S/c1-11-12(2)23-16-15(20-13(3)22(11)16)14-5-9-21(10-6-14)17-18-7-4-8-19-17/h4,7-8,14H,5-6,9-10H2,1-3H3. The average Bonchev–Trinajstić information content (AvgIpc) is 3.06. The van der Waals surface area contributed by atoms with Gasteiger partial charge in [0, 0.05) is 42.0 Å². The van der Waals surface area contributed by atoms with Crippen molar-refractivity contribution in [3.8, 4) is 0 Å². The summed E-state index contributed by atoms with van der Waals surface area (Å²) in [6, 6.07) is 1.86. The molecule has 0 unspecified atom stereocenters. The van der Waals surface area contributed by atoms with Crippen LogP contribution in [0.1, 0.15) is 40.8 Å². The lowest BCUT2D eigenvalue weighted by atomic mass is 9.94. The molecule has 1 fully saturated rings. The highest BCUT2D eigenvalue weighted by Gasteiger charge is 2.27. The maximum atomic E-state index is 4.90. The van der Waals surface area contributed by atoms with Crippen molar-refractivity contribution < 1.29 is 0 Å². The molecule has 5 nitrogen and oxygen atoms in total. The lowest BCUT2D eigenvalue weighted by Crippen LogP contribution is -2.34. The van der Waals surface area contributed by atoms with E-state index in [0.717, 1.165) is 37.7 Å². The summed E-state index contributed by atoms with van der Waals surface area (Å²) in [6.07, 6.45) is 5.85. The number of fused-ring (bicyclic) bond motifs is 1. The van der Waals surface area contributed by atoms with Gasteiger partial charge in [-0.25, -0.2) is 15.0 Å². The molecule has 23 heavy (non-hydrogen) atoms. The van der Waals surface area contributed by atoms with Gasteiger partial charge < -0.3 is 4.90 Å². The molecule has 0 N–H and O–H groups in total. The number of thiazole rings is 1. The maximum Gasteiger partial charge on any atom is 0.225 e. The Labute approximate surface area is 140 Å². The van der Waals surface area contributed by atoms with Crippen LogP contribution in [0.15, 0.2) is 18.5 Å². The fourth-order valence-electron chi connectivity index (χ4n) is 3.48. The Hall–Kier alpha value is -1.95. The number of nitrogens with zero attached hydrogens (tertiary/aromatic N) is 5. The predicted molar refractivity (Wildman–Crippen MR) is 93.5 cm³/mol. The predicted octanol–water partition coefficient (Wildman–Crippen LogP) is 3.50. The first kappa shape index (κ1) is 14.6. The topological polar surface area (TPSA) is 46.3 Å². The van der Waals surface area contributed by atoms with E-state index in [2.05, 4.69) is 40.0 Å². The second kappa shape index (κ2) is 5.60. The molecule has 6 heteroatoms. The number of rotatable bonds is 2. The highest BCUT2D eigenvalue weighted by atomic mass is 32.1. The van der Waals surface area contributed by atoms with Crippen molar-refractivity contribution in [1.29, 1.82) is 0 Å². The minimum atomic E-state index is 0.538. The lowest BCUT2D eigenvalue weighted by molar-refractivity contribution is 0.494. The minimum absolute atomic E-state index is 0.538. The van der Waals surface area contributed by atoms with Crippen molar-refractivity contribution in [2.45, 2.75) is 39.5 Å². The van der Waals surface area contributed by atoms with Crippen molar-refractivity contribution in [2.75, 3.05) is 18.0 Å². The molecule has 0 saturated carbocycles. The van der Waals surface area contributed by atoms with Gasteiger partial charge in [0.1, 0.15) is 10.7 Å². The molecule has 3 aromatic rings. The van der Waals surface area contributed by atoms with Crippen LogP contribution in [-0.4, -0.2) is 32.4 Å². The first-order chi connectivity index (χ1) is 11.1. The zero-order chi connectivity index (χ0) is 16.0. The number of piperidine rings is 1. The molecule has 0 atom stereocenters. The summed E-state index contributed by atoms with van der Waals surface area (Å²) in [5.74, 6) is 2.50. The molecular formula is C17H21N5S. The molecule has 0 aromatic carbocycles. The van der Waals surface area contributed by atoms with Crippen LogP contribution in [0.2, 0.25) is 0 Å². The molecule has 3 aromatic heterocycles. The average molecular weight is 327 g/mol. The van der Waals surface area contributed by atoms with Gasteiger partial charge in [-0.05, 0) is 39.7 Å². The smallest absolute Gasteiger partial charge is 0.225 e. The molecule has 0 bridgehead atoms. The van der Waals surface area contributed by atoms with Crippen LogP contribution in [0.4, 0.5) is 5.95 Å². The summed E-state index contributed by atoms with van der Waals surface area (Å²) in [7, 11) is 0. The number of anilines is 1. The molecule has 0 amide bonds. The molecule has 120 valence electrons. The van der Waals surface area contributed by atoms with E-state index in [-0.39, 0.29) is 0 Å². The van der Waals surface area contributed by atoms with Gasteiger partial charge in [0.25, 0.3) is 0 Å². The third-order valence-electron chi connectivity index (χ3n) is 4.84. The molecule has 4 rings (SSSR count). The molecule has 1 aliphatic rings. The summed E-state index contributed by atoms with van der Waals surface area (Å²) >= 11 is 1.88. The third kappa shape index (κ3) is 2.41. The summed E-state index contributed by atoms with van der Waals surface area (Å²) in [5.41, 5.74) is 2.62. The SMILES string of the molecule is Cc1sc2c(C3CCN(c4ncccn4)CC3)nc(C)n2c1C. The zero-order valence-corrected chi connectivity index (χ0v) is 14.6. The quantitative estimate of drug-likeness (QED) is 0.723. The molecule has 0 aliphatic carbocycles. The van der Waals surface area contributed by atoms with E-state index in [9.17, 15) is 0 Å². The van der Waals surface area contributed by atoms with Crippen molar-refractivity contribution in [1.82, 2.24) is 19.4 Å². The van der Waals surface area contributed by atoms with Gasteiger partial charge in [-0.1, -0.05) is 0 Å². The van der Waals surface area contributed by atoms with Gasteiger partial charge in [-0.2, -0.15) is 0 Å². The number of imidazole rings is 1. The van der Waals surface area contributed by atoms with E-state index >= 15 is 0 Å². The van der Waals surface area contributed by atoms with Crippen molar-refractivity contribution >= 4 is 22.1 Å². The Morgan fingerprint density at radius 2 is 1.78 bits per heavy atom. The second-order valence-corrected chi connectivity index (χ2v) is 7.44. The van der Waals surface area contributed by atoms with E-state index in [4.69, 9.17) is 4.98 Å². The first-order valence-electron chi connectivity index (χ1n) is 8.12. The Morgan fingerprint density at radius 3 is 2.48 bits per heavy atom. The van der Waals surface area contributed by atoms with E-state index in [1.807, 2.05) is 29.8 Å². The highest BCUT2D eigenvalue weighted by molar-refractivity contribution is 7.17. The van der Waals surface area contributed by atoms with Crippen LogP contribution < -0.4 is 4.90 Å². The van der Waals surface area contributed by atoms with E-state index in [1.165, 1.54) is 21.1 Å². The van der Waals surface area contributed by atoms with Gasteiger partial charge >= 0.3 is 0 Å². The van der Waals surface area contributed by atoms with Crippen LogP contribution in [0, 0.1) is 20.8 Å². The van der Waals surface area contributed by atoms with Gasteiger partial charge in [0.05, 0.1) is 5.69 Å². The Morgan fingerprint density at radius 1 is 1.09 bits per heavy atom. The first-order valence-corrected chi connectivity index (χ1v) is 8.93. The Bertz CT molecular complexity index is 828. The number of aromatic nitrogens is 4. The fraction of sp³-hybridized carbons (Fsp3) is 0.471. The fourth-order valence-corrected chi connectivity index (χ4v) is 4.68. The molecule has 0 radical (unpaired) electrons. The highest BCUT2D eigenvalue weighted by Crippen LogP contribution is 2.35. The third-order valence-corrected chi connectivity index (χ3v) is 6.03. The van der Waals surface area contributed by atoms with Crippen LogP contribution in [0.3, 0.4) is 0 Å². The van der Waals surface area contributed by atoms with Gasteiger partial charge in [-0.3, -0.25) is 4.40 Å². The van der Waals surface area contributed by atoms with E-state index in [0.29, 0.717) is 5.92 Å². The maximum absolute atomic E-state index is 4.90. The monoisotopic (exact) mass is 327 g/mol. The molecule has 1 aliphatic heterocycles. The van der Waals surface area contributed by atoms with Crippen LogP contribution in [0.5, 0.6) is 0 Å². The van der Waals surface area contributed by atoms with Gasteiger partial charge in [-0.15, -0.1) is 11.3 Å². The van der Waals surface area contributed by atoms with Crippen molar-refractivity contribution in [2.24, 2.45) is 0 Å². The second-order valence-electron chi connectivity index (χ2n) is 6.24. The molecule has 1 saturated heterocycles. The van der Waals surface area contributed by atoms with Crippen LogP contribution >= 0.6 is 11.3 Å². The summed E-state index contributed by atoms with van der Waals surface area (Å²) in [4.78, 5) is 18.6. The molecule has 0 spiro atoms. The number of hydrogen-bond donors (Lipinski definition) is 0. The minimum Gasteiger partial charge on any atom is -0.341 e. The van der Waals surface area contributed by atoms with Crippen molar-refractivity contribution in [3.05, 3.63) is 40.5 Å². The summed E-state index contributed by atoms with van der Waals surface area (Å²) in [5, 5.41) is 0. The van der Waals surface area contributed by atoms with Crippen LogP contribution in [-0.2, 0) is 0 Å².